The zero-order valence-electron chi connectivity index (χ0n) is 65.4. The summed E-state index contributed by atoms with van der Waals surface area (Å²) in [4.78, 5) is 25.0. The smallest absolute Gasteiger partial charge is 0.416 e. The predicted molar refractivity (Wildman–Crippen MR) is 442 cm³/mol. The van der Waals surface area contributed by atoms with Crippen LogP contribution in [0.2, 0.25) is 5.02 Å². The van der Waals surface area contributed by atoms with Gasteiger partial charge in [0.1, 0.15) is 17.2 Å². The number of alkyl halides is 3. The Morgan fingerprint density at radius 1 is 0.370 bits per heavy atom. The van der Waals surface area contributed by atoms with Crippen LogP contribution in [0.5, 0.6) is 17.2 Å². The minimum atomic E-state index is -4.27. The number of methoxy groups -OCH3 is 3. The molecule has 17 heteroatoms. The Morgan fingerprint density at radius 2 is 0.778 bits per heavy atom. The Hall–Kier alpha value is -6.66. The molecule has 17 rings (SSSR count). The lowest BCUT2D eigenvalue weighted by molar-refractivity contribution is -0.137. The fourth-order valence-electron chi connectivity index (χ4n) is 19.4. The van der Waals surface area contributed by atoms with Crippen molar-refractivity contribution in [1.82, 2.24) is 24.5 Å². The largest absolute Gasteiger partial charge is 0.497 e. The Balaban J connectivity index is 0.000000119. The summed E-state index contributed by atoms with van der Waals surface area (Å²) >= 11 is 6.10. The number of ether oxygens (including phenoxy) is 3. The highest BCUT2D eigenvalue weighted by Gasteiger charge is 2.39. The third kappa shape index (κ3) is 22.8. The van der Waals surface area contributed by atoms with Gasteiger partial charge in [0.05, 0.1) is 38.3 Å². The van der Waals surface area contributed by atoms with Crippen LogP contribution in [0.3, 0.4) is 0 Å². The van der Waals surface area contributed by atoms with Crippen molar-refractivity contribution in [2.45, 2.75) is 102 Å². The molecule has 3 saturated carbocycles. The number of halogens is 4. The van der Waals surface area contributed by atoms with Crippen molar-refractivity contribution in [3.05, 3.63) is 181 Å². The standard InChI is InChI=1S/C19H26N2O.C18H23ClN2.C18H23F3N2.C18H28N2O.C18H26N2O/c1-22-19-4-2-3-18(13-19)21-9-7-20(8-10-21)14-17-12-15-5-6-16(17)11-15;19-17-2-1-3-18(12-17)21-8-6-20(7-9-21)13-16-11-14-4-5-15(16)10-14;19-18(20,21)16-7-4-8-17(13-16)23-11-9-22(10-12-23)14-15-5-2-1-3-6-15;2*1-21-18-10-6-5-9-17(18)20-13-11-19(12-14-20)15-16-7-3-2-4-8-16/h2-6,13,15-17H,7-12,14H2,1H3;1-5,12,14-16H,6-11,13H2;1-2,4,7-8,13,15H,3,5-6,9-12,14H2;5-6,9-10,16H,2-4,7-8,11-15H2,1H3;2-3,5-6,9-10,16H,4,7-8,11-15H2,1H3. The molecule has 5 aliphatic heterocycles. The molecule has 5 aromatic rings. The molecule has 586 valence electrons. The van der Waals surface area contributed by atoms with Crippen LogP contribution in [0.15, 0.2) is 170 Å². The van der Waals surface area contributed by atoms with Gasteiger partial charge in [-0.05, 0) is 203 Å². The first kappa shape index (κ1) is 79.4. The summed E-state index contributed by atoms with van der Waals surface area (Å²) in [6.45, 7) is 28.1. The number of nitrogens with zero attached hydrogens (tertiary/aromatic N) is 10. The van der Waals surface area contributed by atoms with Gasteiger partial charge in [0.15, 0.2) is 0 Å². The minimum absolute atomic E-state index is 0.563. The van der Waals surface area contributed by atoms with Crippen LogP contribution in [0, 0.1) is 53.3 Å². The van der Waals surface area contributed by atoms with Crippen LogP contribution in [0.25, 0.3) is 0 Å². The molecule has 0 spiro atoms. The first-order valence-electron chi connectivity index (χ1n) is 41.7. The number of rotatable bonds is 18. The summed E-state index contributed by atoms with van der Waals surface area (Å²) in [5.41, 5.74) is 5.16. The van der Waals surface area contributed by atoms with E-state index in [-0.39, 0.29) is 0 Å². The molecule has 0 N–H and O–H groups in total. The number of hydrogen-bond donors (Lipinski definition) is 0. The first-order chi connectivity index (χ1) is 52.8. The van der Waals surface area contributed by atoms with Gasteiger partial charge in [-0.1, -0.05) is 122 Å². The third-order valence-corrected chi connectivity index (χ3v) is 25.9. The Kier molecular flexibility index (Phi) is 29.4. The molecule has 108 heavy (non-hydrogen) atoms. The summed E-state index contributed by atoms with van der Waals surface area (Å²) in [6, 6.07) is 39.1. The van der Waals surface area contributed by atoms with Crippen molar-refractivity contribution in [2.24, 2.45) is 53.3 Å². The molecule has 8 fully saturated rings. The van der Waals surface area contributed by atoms with Crippen LogP contribution < -0.4 is 38.7 Å². The molecule has 0 aromatic heterocycles. The quantitative estimate of drug-likeness (QED) is 0.0784. The summed E-state index contributed by atoms with van der Waals surface area (Å²) in [7, 11) is 5.25. The number of benzene rings is 5. The Morgan fingerprint density at radius 3 is 1.18 bits per heavy atom. The van der Waals surface area contributed by atoms with E-state index in [9.17, 15) is 13.2 Å². The number of hydrogen-bond acceptors (Lipinski definition) is 13. The van der Waals surface area contributed by atoms with Gasteiger partial charge < -0.3 is 38.7 Å². The van der Waals surface area contributed by atoms with E-state index in [0.29, 0.717) is 5.69 Å². The van der Waals surface area contributed by atoms with Crippen molar-refractivity contribution in [2.75, 3.05) is 209 Å². The van der Waals surface area contributed by atoms with Crippen LogP contribution in [-0.4, -0.2) is 209 Å². The molecule has 0 radical (unpaired) electrons. The van der Waals surface area contributed by atoms with E-state index in [4.69, 9.17) is 25.8 Å². The maximum absolute atomic E-state index is 12.8. The summed E-state index contributed by atoms with van der Waals surface area (Å²) in [5, 5.41) is 0.837. The molecule has 7 aliphatic carbocycles. The van der Waals surface area contributed by atoms with E-state index < -0.39 is 11.7 Å². The van der Waals surface area contributed by atoms with Gasteiger partial charge in [-0.15, -0.1) is 0 Å². The Labute approximate surface area is 651 Å². The van der Waals surface area contributed by atoms with Crippen LogP contribution in [-0.2, 0) is 6.18 Å². The van der Waals surface area contributed by atoms with E-state index in [1.165, 1.54) is 190 Å². The second kappa shape index (κ2) is 40.0. The number of piperazine rings is 5. The average Bonchev–Trinajstić information content (AvgIpc) is 1.62. The van der Waals surface area contributed by atoms with E-state index in [1.54, 1.807) is 27.4 Å². The van der Waals surface area contributed by atoms with Gasteiger partial charge in [0.25, 0.3) is 0 Å². The molecule has 12 aliphatic rings. The molecule has 8 atom stereocenters. The molecule has 5 heterocycles. The zero-order chi connectivity index (χ0) is 74.4. The highest BCUT2D eigenvalue weighted by atomic mass is 35.5. The molecule has 4 bridgehead atoms. The summed E-state index contributed by atoms with van der Waals surface area (Å²) < 4.78 is 54.8. The van der Waals surface area contributed by atoms with Gasteiger partial charge in [-0.25, -0.2) is 0 Å². The van der Waals surface area contributed by atoms with Crippen LogP contribution in [0.1, 0.15) is 102 Å². The lowest BCUT2D eigenvalue weighted by Gasteiger charge is -2.38. The summed E-state index contributed by atoms with van der Waals surface area (Å²) in [5.74, 6) is 10.9. The lowest BCUT2D eigenvalue weighted by atomic mass is 9.89. The topological polar surface area (TPSA) is 60.1 Å². The normalized spacial score (nSPS) is 26.2. The van der Waals surface area contributed by atoms with Gasteiger partial charge in [0, 0.05) is 192 Å². The van der Waals surface area contributed by atoms with Gasteiger partial charge >= 0.3 is 6.18 Å². The molecule has 0 amide bonds. The van der Waals surface area contributed by atoms with E-state index in [1.807, 2.05) is 30.3 Å². The molecular weight excluding hydrogens is 1370 g/mol. The molecule has 13 nitrogen and oxygen atoms in total. The van der Waals surface area contributed by atoms with E-state index in [0.717, 1.165) is 186 Å². The first-order valence-corrected chi connectivity index (χ1v) is 42.1. The fraction of sp³-hybridized carbons (Fsp3) is 0.582. The monoisotopic (exact) mass is 1500 g/mol. The van der Waals surface area contributed by atoms with Crippen molar-refractivity contribution in [3.63, 3.8) is 0 Å². The van der Waals surface area contributed by atoms with E-state index >= 15 is 0 Å². The third-order valence-electron chi connectivity index (χ3n) is 25.7. The predicted octanol–water partition coefficient (Wildman–Crippen LogP) is 17.5. The molecule has 5 saturated heterocycles. The molecular formula is C91H126ClF3N10O3. The Bertz CT molecular complexity index is 3640. The average molecular weight is 1500 g/mol. The lowest BCUT2D eigenvalue weighted by Crippen LogP contribution is -2.48. The van der Waals surface area contributed by atoms with Crippen molar-refractivity contribution >= 4 is 40.0 Å². The van der Waals surface area contributed by atoms with Crippen molar-refractivity contribution in [3.8, 4) is 17.2 Å². The van der Waals surface area contributed by atoms with Crippen LogP contribution in [0.4, 0.5) is 41.6 Å². The van der Waals surface area contributed by atoms with Gasteiger partial charge in [-0.2, -0.15) is 13.2 Å². The molecule has 5 aromatic carbocycles. The molecule has 8 unspecified atom stereocenters. The second-order valence-corrected chi connectivity index (χ2v) is 33.3. The van der Waals surface area contributed by atoms with Crippen molar-refractivity contribution < 1.29 is 27.4 Å². The van der Waals surface area contributed by atoms with Gasteiger partial charge in [-0.3, -0.25) is 24.5 Å². The highest BCUT2D eigenvalue weighted by Crippen LogP contribution is 2.45. The zero-order valence-corrected chi connectivity index (χ0v) is 66.1. The number of anilines is 5. The number of allylic oxidation sites excluding steroid dienone is 8. The SMILES string of the molecule is COc1cccc(N2CCN(CC3CC4C=CC3C4)CC2)c1.COc1ccccc1N1CCN(CC2CC=CCC2)CC1.COc1ccccc1N1CCN(CC2CCCCC2)CC1.Clc1cccc(N2CCN(CC3CC4C=CC3C4)CC2)c1.FC(F)(F)c1cccc(N2CCN(CC3CC=CCC3)CC2)c1. The van der Waals surface area contributed by atoms with Crippen LogP contribution >= 0.6 is 11.6 Å². The maximum Gasteiger partial charge on any atom is 0.416 e. The van der Waals surface area contributed by atoms with Crippen molar-refractivity contribution in [1.29, 1.82) is 0 Å². The van der Waals surface area contributed by atoms with Gasteiger partial charge in [0.2, 0.25) is 0 Å². The maximum atomic E-state index is 12.8. The summed E-state index contributed by atoms with van der Waals surface area (Å²) in [6.07, 6.45) is 35.2. The second-order valence-electron chi connectivity index (χ2n) is 32.9. The highest BCUT2D eigenvalue weighted by molar-refractivity contribution is 6.30. The number of para-hydroxylation sites is 4. The fourth-order valence-corrected chi connectivity index (χ4v) is 19.6. The number of fused-ring (bicyclic) bond motifs is 4. The van der Waals surface area contributed by atoms with E-state index in [2.05, 4.69) is 164 Å². The minimum Gasteiger partial charge on any atom is -0.497 e.